The maximum Gasteiger partial charge on any atom is 0.340 e. The first-order valence-corrected chi connectivity index (χ1v) is 14.6. The van der Waals surface area contributed by atoms with Gasteiger partial charge in [0.25, 0.3) is 0 Å². The number of fused-ring (bicyclic) bond motifs is 1. The smallest absolute Gasteiger partial charge is 0.340 e. The Labute approximate surface area is 238 Å². The van der Waals surface area contributed by atoms with E-state index < -0.39 is 27.7 Å². The molecular weight excluding hydrogens is 538 g/mol. The molecule has 0 bridgehead atoms. The molecule has 0 spiro atoms. The first kappa shape index (κ1) is 28.0. The largest absolute Gasteiger partial charge is 0.425 e. The zero-order valence-corrected chi connectivity index (χ0v) is 23.5. The van der Waals surface area contributed by atoms with E-state index in [0.29, 0.717) is 12.0 Å². The van der Waals surface area contributed by atoms with Gasteiger partial charge in [-0.2, -0.15) is 4.72 Å². The fourth-order valence-corrected chi connectivity index (χ4v) is 5.81. The predicted octanol–water partition coefficient (Wildman–Crippen LogP) is 5.50. The lowest BCUT2D eigenvalue weighted by Gasteiger charge is -2.18. The van der Waals surface area contributed by atoms with E-state index in [0.717, 1.165) is 27.6 Å². The fraction of sp³-hybridized carbons (Fsp3) is 0.152. The number of hydrogen-bond acceptors (Lipinski definition) is 6. The van der Waals surface area contributed by atoms with Gasteiger partial charge in [-0.1, -0.05) is 78.4 Å². The van der Waals surface area contributed by atoms with Crippen molar-refractivity contribution in [2.24, 2.45) is 0 Å². The summed E-state index contributed by atoms with van der Waals surface area (Å²) in [5.74, 6) is -0.655. The van der Waals surface area contributed by atoms with Crippen molar-refractivity contribution in [2.45, 2.75) is 37.6 Å². The van der Waals surface area contributed by atoms with Gasteiger partial charge in [-0.15, -0.1) is 0 Å². The van der Waals surface area contributed by atoms with Crippen molar-refractivity contribution in [3.05, 3.63) is 141 Å². The van der Waals surface area contributed by atoms with Crippen LogP contribution < -0.4 is 15.1 Å². The lowest BCUT2D eigenvalue weighted by atomic mass is 10.00. The number of sulfonamides is 1. The van der Waals surface area contributed by atoms with Crippen molar-refractivity contribution < 1.29 is 22.4 Å². The Morgan fingerprint density at radius 2 is 1.49 bits per heavy atom. The van der Waals surface area contributed by atoms with Gasteiger partial charge < -0.3 is 9.15 Å². The van der Waals surface area contributed by atoms with Crippen LogP contribution in [0.2, 0.25) is 0 Å². The molecule has 7 nitrogen and oxygen atoms in total. The molecule has 8 heteroatoms. The van der Waals surface area contributed by atoms with Crippen LogP contribution >= 0.6 is 0 Å². The quantitative estimate of drug-likeness (QED) is 0.143. The van der Waals surface area contributed by atoms with Gasteiger partial charge in [0.1, 0.15) is 17.4 Å². The Morgan fingerprint density at radius 3 is 2.15 bits per heavy atom. The minimum absolute atomic E-state index is 0.0447. The molecule has 208 valence electrons. The van der Waals surface area contributed by atoms with Crippen LogP contribution in [0.1, 0.15) is 27.8 Å². The molecule has 0 aliphatic rings. The van der Waals surface area contributed by atoms with Gasteiger partial charge in [0.15, 0.2) is 0 Å². The maximum atomic E-state index is 13.4. The van der Waals surface area contributed by atoms with Crippen molar-refractivity contribution in [3.63, 3.8) is 0 Å². The maximum absolute atomic E-state index is 13.4. The summed E-state index contributed by atoms with van der Waals surface area (Å²) in [5.41, 5.74) is 3.81. The van der Waals surface area contributed by atoms with Crippen LogP contribution in [0, 0.1) is 13.8 Å². The van der Waals surface area contributed by atoms with Crippen LogP contribution in [0.5, 0.6) is 5.75 Å². The molecular formula is C33H29NO6S. The molecule has 1 heterocycles. The molecule has 0 saturated carbocycles. The third-order valence-corrected chi connectivity index (χ3v) is 8.38. The number of nitrogens with one attached hydrogen (secondary N) is 1. The Kier molecular flexibility index (Phi) is 8.14. The molecule has 4 aromatic carbocycles. The van der Waals surface area contributed by atoms with Gasteiger partial charge >= 0.3 is 11.6 Å². The second-order valence-corrected chi connectivity index (χ2v) is 11.6. The van der Waals surface area contributed by atoms with E-state index >= 15 is 0 Å². The summed E-state index contributed by atoms with van der Waals surface area (Å²) in [6.07, 6.45) is 0.513. The van der Waals surface area contributed by atoms with E-state index in [1.54, 1.807) is 36.4 Å². The summed E-state index contributed by atoms with van der Waals surface area (Å²) in [7, 11) is -4.02. The average molecular weight is 568 g/mol. The Morgan fingerprint density at radius 1 is 0.854 bits per heavy atom. The number of aryl methyl sites for hydroxylation is 2. The number of carbonyl (C=O) groups is 1. The Hall–Kier alpha value is -4.53. The molecule has 1 N–H and O–H groups in total. The molecule has 41 heavy (non-hydrogen) atoms. The molecule has 0 saturated heterocycles. The lowest BCUT2D eigenvalue weighted by Crippen LogP contribution is -2.44. The standard InChI is InChI=1S/C33H29NO6S/c1-22-13-16-27(17-14-22)41(37,38)34-30(20-25-11-7-4-8-12-25)33(36)39-26-15-18-28-23(2)29(32(35)40-31(28)21-26)19-24-9-5-3-6-10-24/h3-18,21,30,34H,19-20H2,1-2H3. The second-order valence-electron chi connectivity index (χ2n) is 9.91. The van der Waals surface area contributed by atoms with Crippen molar-refractivity contribution >= 4 is 27.0 Å². The number of carbonyl (C=O) groups excluding carboxylic acids is 1. The fourth-order valence-electron chi connectivity index (χ4n) is 4.63. The minimum atomic E-state index is -4.02. The van der Waals surface area contributed by atoms with E-state index in [1.165, 1.54) is 18.2 Å². The number of benzene rings is 4. The number of hydrogen-bond donors (Lipinski definition) is 1. The van der Waals surface area contributed by atoms with Crippen LogP contribution in [0.25, 0.3) is 11.0 Å². The number of esters is 1. The highest BCUT2D eigenvalue weighted by atomic mass is 32.2. The zero-order chi connectivity index (χ0) is 29.0. The summed E-state index contributed by atoms with van der Waals surface area (Å²) in [6.45, 7) is 3.72. The van der Waals surface area contributed by atoms with Crippen molar-refractivity contribution in [2.75, 3.05) is 0 Å². The summed E-state index contributed by atoms with van der Waals surface area (Å²) >= 11 is 0. The highest BCUT2D eigenvalue weighted by Gasteiger charge is 2.28. The zero-order valence-electron chi connectivity index (χ0n) is 22.7. The third kappa shape index (κ3) is 6.62. The molecule has 5 rings (SSSR count). The average Bonchev–Trinajstić information content (AvgIpc) is 2.96. The van der Waals surface area contributed by atoms with Crippen molar-refractivity contribution in [3.8, 4) is 5.75 Å². The normalized spacial score (nSPS) is 12.2. The second kappa shape index (κ2) is 11.9. The molecule has 0 radical (unpaired) electrons. The Balaban J connectivity index is 1.41. The van der Waals surface area contributed by atoms with Gasteiger partial charge in [-0.25, -0.2) is 18.0 Å². The molecule has 5 aromatic rings. The van der Waals surface area contributed by atoms with Crippen molar-refractivity contribution in [1.29, 1.82) is 0 Å². The molecule has 1 unspecified atom stereocenters. The van der Waals surface area contributed by atoms with Gasteiger partial charge in [0.2, 0.25) is 10.0 Å². The first-order valence-electron chi connectivity index (χ1n) is 13.1. The summed E-state index contributed by atoms with van der Waals surface area (Å²) in [5, 5.41) is 0.719. The van der Waals surface area contributed by atoms with Crippen molar-refractivity contribution in [1.82, 2.24) is 4.72 Å². The van der Waals surface area contributed by atoms with Gasteiger partial charge in [0.05, 0.1) is 4.90 Å². The predicted molar refractivity (Wildman–Crippen MR) is 158 cm³/mol. The summed E-state index contributed by atoms with van der Waals surface area (Å²) in [6, 6.07) is 28.7. The van der Waals surface area contributed by atoms with Gasteiger partial charge in [-0.3, -0.25) is 0 Å². The number of ether oxygens (including phenoxy) is 1. The van der Waals surface area contributed by atoms with Crippen LogP contribution in [0.4, 0.5) is 0 Å². The monoisotopic (exact) mass is 567 g/mol. The topological polar surface area (TPSA) is 103 Å². The molecule has 1 aromatic heterocycles. The van der Waals surface area contributed by atoms with Crippen LogP contribution in [0.15, 0.2) is 117 Å². The molecule has 0 aliphatic carbocycles. The van der Waals surface area contributed by atoms with Gasteiger partial charge in [0, 0.05) is 23.4 Å². The highest BCUT2D eigenvalue weighted by Crippen LogP contribution is 2.26. The summed E-state index contributed by atoms with van der Waals surface area (Å²) in [4.78, 5) is 26.3. The van der Waals surface area contributed by atoms with E-state index in [4.69, 9.17) is 9.15 Å². The van der Waals surface area contributed by atoms with Crippen LogP contribution in [0.3, 0.4) is 0 Å². The summed E-state index contributed by atoms with van der Waals surface area (Å²) < 4.78 is 40.0. The van der Waals surface area contributed by atoms with E-state index in [9.17, 15) is 18.0 Å². The molecule has 0 amide bonds. The van der Waals surface area contributed by atoms with E-state index in [-0.39, 0.29) is 22.6 Å². The molecule has 1 atom stereocenters. The van der Waals surface area contributed by atoms with Crippen LogP contribution in [-0.2, 0) is 27.7 Å². The third-order valence-electron chi connectivity index (χ3n) is 6.90. The Bertz CT molecular complexity index is 1850. The lowest BCUT2D eigenvalue weighted by molar-refractivity contribution is -0.136. The van der Waals surface area contributed by atoms with E-state index in [1.807, 2.05) is 62.4 Å². The van der Waals surface area contributed by atoms with E-state index in [2.05, 4.69) is 4.72 Å². The number of rotatable bonds is 9. The SMILES string of the molecule is Cc1ccc(S(=O)(=O)NC(Cc2ccccc2)C(=O)Oc2ccc3c(C)c(Cc4ccccc4)c(=O)oc3c2)cc1. The highest BCUT2D eigenvalue weighted by molar-refractivity contribution is 7.89. The first-order chi connectivity index (χ1) is 19.7. The molecule has 0 fully saturated rings. The minimum Gasteiger partial charge on any atom is -0.425 e. The van der Waals surface area contributed by atoms with Gasteiger partial charge in [-0.05, 0) is 61.2 Å². The van der Waals surface area contributed by atoms with Crippen LogP contribution in [-0.4, -0.2) is 20.4 Å². The molecule has 0 aliphatic heterocycles.